The minimum absolute atomic E-state index is 0.0129. The van der Waals surface area contributed by atoms with Gasteiger partial charge in [-0.15, -0.1) is 0 Å². The predicted molar refractivity (Wildman–Crippen MR) is 95.1 cm³/mol. The summed E-state index contributed by atoms with van der Waals surface area (Å²) >= 11 is 7.14. The van der Waals surface area contributed by atoms with Crippen molar-refractivity contribution < 1.29 is 9.90 Å². The number of aliphatic imine (C=N–C) groups is 1. The second-order valence-electron chi connectivity index (χ2n) is 5.03. The molecule has 3 rings (SSSR count). The number of carbonyl (C=O) groups excluding carboxylic acids is 1. The van der Waals surface area contributed by atoms with Gasteiger partial charge in [0, 0.05) is 0 Å². The van der Waals surface area contributed by atoms with Crippen LogP contribution in [-0.2, 0) is 4.79 Å². The molecule has 0 spiro atoms. The van der Waals surface area contributed by atoms with Crippen LogP contribution in [0.5, 0.6) is 5.75 Å². The van der Waals surface area contributed by atoms with E-state index in [-0.39, 0.29) is 16.7 Å². The third-order valence-electron chi connectivity index (χ3n) is 3.19. The molecule has 23 heavy (non-hydrogen) atoms. The lowest BCUT2D eigenvalue weighted by molar-refractivity contribution is -0.115. The minimum atomic E-state index is -0.204. The third kappa shape index (κ3) is 3.75. The van der Waals surface area contributed by atoms with Gasteiger partial charge in [-0.2, -0.15) is 0 Å². The normalized spacial score (nSPS) is 17.7. The van der Waals surface area contributed by atoms with Crippen molar-refractivity contribution in [3.05, 3.63) is 63.5 Å². The molecule has 0 unspecified atom stereocenters. The predicted octanol–water partition coefficient (Wildman–Crippen LogP) is 4.25. The van der Waals surface area contributed by atoms with Crippen molar-refractivity contribution in [2.45, 2.75) is 6.92 Å². The number of phenolic OH excluding ortho intramolecular Hbond substituents is 1. The van der Waals surface area contributed by atoms with E-state index in [0.717, 1.165) is 16.8 Å². The highest BCUT2D eigenvalue weighted by Crippen LogP contribution is 2.30. The molecule has 4 nitrogen and oxygen atoms in total. The van der Waals surface area contributed by atoms with Crippen LogP contribution in [0.4, 0.5) is 5.69 Å². The maximum absolute atomic E-state index is 12.0. The molecule has 6 heteroatoms. The number of rotatable bonds is 2. The fraction of sp³-hybridized carbons (Fsp3) is 0.0588. The monoisotopic (exact) mass is 344 g/mol. The highest BCUT2D eigenvalue weighted by Gasteiger charge is 2.23. The molecule has 0 aliphatic carbocycles. The summed E-state index contributed by atoms with van der Waals surface area (Å²) < 4.78 is 0. The number of nitrogens with zero attached hydrogens (tertiary/aromatic N) is 1. The number of benzene rings is 2. The summed E-state index contributed by atoms with van der Waals surface area (Å²) in [6.45, 7) is 2.01. The Morgan fingerprint density at radius 3 is 2.65 bits per heavy atom. The molecule has 2 aromatic rings. The first kappa shape index (κ1) is 15.6. The Morgan fingerprint density at radius 1 is 1.22 bits per heavy atom. The average molecular weight is 345 g/mol. The molecule has 1 fully saturated rings. The summed E-state index contributed by atoms with van der Waals surface area (Å²) in [6.07, 6.45) is 1.71. The molecule has 2 aromatic carbocycles. The van der Waals surface area contributed by atoms with Crippen LogP contribution in [0.15, 0.2) is 52.4 Å². The molecular formula is C17H13ClN2O2S. The van der Waals surface area contributed by atoms with Gasteiger partial charge in [0.05, 0.1) is 15.6 Å². The molecule has 0 bridgehead atoms. The number of hydrogen-bond acceptors (Lipinski definition) is 4. The number of hydrogen-bond donors (Lipinski definition) is 2. The van der Waals surface area contributed by atoms with Crippen LogP contribution in [0.25, 0.3) is 6.08 Å². The van der Waals surface area contributed by atoms with E-state index in [1.54, 1.807) is 18.2 Å². The number of aromatic hydroxyl groups is 1. The first-order valence-corrected chi connectivity index (χ1v) is 8.05. The van der Waals surface area contributed by atoms with Crippen molar-refractivity contribution in [3.8, 4) is 5.75 Å². The lowest BCUT2D eigenvalue weighted by Gasteiger charge is -1.98. The molecule has 1 aliphatic rings. The van der Waals surface area contributed by atoms with Crippen molar-refractivity contribution in [2.24, 2.45) is 4.99 Å². The maximum Gasteiger partial charge on any atom is 0.264 e. The van der Waals surface area contributed by atoms with E-state index in [9.17, 15) is 9.90 Å². The van der Waals surface area contributed by atoms with E-state index in [1.165, 1.54) is 17.8 Å². The quantitative estimate of drug-likeness (QED) is 0.801. The zero-order chi connectivity index (χ0) is 16.4. The maximum atomic E-state index is 12.0. The van der Waals surface area contributed by atoms with Gasteiger partial charge < -0.3 is 10.4 Å². The van der Waals surface area contributed by atoms with E-state index >= 15 is 0 Å². The Balaban J connectivity index is 1.83. The van der Waals surface area contributed by atoms with E-state index < -0.39 is 0 Å². The van der Waals surface area contributed by atoms with E-state index in [1.807, 2.05) is 31.2 Å². The largest absolute Gasteiger partial charge is 0.506 e. The second-order valence-corrected chi connectivity index (χ2v) is 6.47. The molecule has 0 atom stereocenters. The topological polar surface area (TPSA) is 61.7 Å². The highest BCUT2D eigenvalue weighted by atomic mass is 35.5. The van der Waals surface area contributed by atoms with E-state index in [4.69, 9.17) is 11.6 Å². The number of amidine groups is 1. The number of phenols is 1. The summed E-state index contributed by atoms with van der Waals surface area (Å²) in [5.74, 6) is -0.191. The lowest BCUT2D eigenvalue weighted by atomic mass is 10.2. The van der Waals surface area contributed by atoms with Crippen LogP contribution in [-0.4, -0.2) is 16.2 Å². The average Bonchev–Trinajstić information content (AvgIpc) is 2.85. The first-order chi connectivity index (χ1) is 11.0. The zero-order valence-electron chi connectivity index (χ0n) is 12.2. The van der Waals surface area contributed by atoms with Gasteiger partial charge >= 0.3 is 0 Å². The Kier molecular flexibility index (Phi) is 4.41. The smallest absolute Gasteiger partial charge is 0.264 e. The van der Waals surface area contributed by atoms with Gasteiger partial charge in [-0.3, -0.25) is 4.79 Å². The van der Waals surface area contributed by atoms with Crippen LogP contribution in [0, 0.1) is 6.92 Å². The molecule has 0 aromatic heterocycles. The zero-order valence-corrected chi connectivity index (χ0v) is 13.8. The molecule has 0 saturated carbocycles. The standard InChI is InChI=1S/C17H13ClN2O2S/c1-10-2-5-12(6-3-10)19-17-20-16(22)15(23-17)9-11-4-7-14(21)13(18)8-11/h2-9,21H,1H3,(H,19,20,22). The summed E-state index contributed by atoms with van der Waals surface area (Å²) in [4.78, 5) is 17.0. The van der Waals surface area contributed by atoms with Crippen molar-refractivity contribution in [3.63, 3.8) is 0 Å². The van der Waals surface area contributed by atoms with Gasteiger partial charge in [0.1, 0.15) is 5.75 Å². The molecule has 1 saturated heterocycles. The summed E-state index contributed by atoms with van der Waals surface area (Å²) in [6, 6.07) is 12.5. The molecule has 1 aliphatic heterocycles. The van der Waals surface area contributed by atoms with Crippen LogP contribution in [0.2, 0.25) is 5.02 Å². The summed E-state index contributed by atoms with van der Waals surface area (Å²) in [5.41, 5.74) is 2.68. The summed E-state index contributed by atoms with van der Waals surface area (Å²) in [5, 5.41) is 12.9. The van der Waals surface area contributed by atoms with Crippen molar-refractivity contribution in [1.29, 1.82) is 0 Å². The van der Waals surface area contributed by atoms with Gasteiger partial charge in [0.2, 0.25) is 0 Å². The van der Waals surface area contributed by atoms with Gasteiger partial charge in [-0.1, -0.05) is 35.4 Å². The number of carbonyl (C=O) groups is 1. The number of aryl methyl sites for hydroxylation is 1. The van der Waals surface area contributed by atoms with Crippen LogP contribution in [0.1, 0.15) is 11.1 Å². The number of thioether (sulfide) groups is 1. The lowest BCUT2D eigenvalue weighted by Crippen LogP contribution is -2.19. The fourth-order valence-corrected chi connectivity index (χ4v) is 3.01. The number of nitrogens with one attached hydrogen (secondary N) is 1. The Hall–Kier alpha value is -2.24. The van der Waals surface area contributed by atoms with E-state index in [2.05, 4.69) is 10.3 Å². The highest BCUT2D eigenvalue weighted by molar-refractivity contribution is 8.18. The summed E-state index contributed by atoms with van der Waals surface area (Å²) in [7, 11) is 0. The molecule has 1 heterocycles. The third-order valence-corrected chi connectivity index (χ3v) is 4.40. The molecule has 0 radical (unpaired) electrons. The van der Waals surface area contributed by atoms with Crippen molar-refractivity contribution in [1.82, 2.24) is 5.32 Å². The van der Waals surface area contributed by atoms with Gasteiger partial charge in [-0.05, 0) is 54.6 Å². The second kappa shape index (κ2) is 6.48. The molecular weight excluding hydrogens is 332 g/mol. The fourth-order valence-electron chi connectivity index (χ4n) is 1.98. The first-order valence-electron chi connectivity index (χ1n) is 6.86. The van der Waals surface area contributed by atoms with E-state index in [0.29, 0.717) is 10.1 Å². The van der Waals surface area contributed by atoms with Gasteiger partial charge in [-0.25, -0.2) is 4.99 Å². The van der Waals surface area contributed by atoms with Crippen LogP contribution >= 0.6 is 23.4 Å². The Morgan fingerprint density at radius 2 is 1.96 bits per heavy atom. The van der Waals surface area contributed by atoms with Crippen molar-refractivity contribution >= 4 is 46.2 Å². The Bertz CT molecular complexity index is 829. The Labute approximate surface area is 142 Å². The number of amides is 1. The van der Waals surface area contributed by atoms with Crippen LogP contribution in [0.3, 0.4) is 0 Å². The van der Waals surface area contributed by atoms with Crippen molar-refractivity contribution in [2.75, 3.05) is 0 Å². The van der Waals surface area contributed by atoms with Gasteiger partial charge in [0.15, 0.2) is 5.17 Å². The molecule has 116 valence electrons. The number of halogens is 1. The molecule has 1 amide bonds. The molecule has 2 N–H and O–H groups in total. The minimum Gasteiger partial charge on any atom is -0.506 e. The van der Waals surface area contributed by atoms with Gasteiger partial charge in [0.25, 0.3) is 5.91 Å². The SMILES string of the molecule is Cc1ccc(N=C2NC(=O)C(=Cc3ccc(O)c(Cl)c3)S2)cc1. The van der Waals surface area contributed by atoms with Crippen LogP contribution < -0.4 is 5.32 Å².